The Bertz CT molecular complexity index is 1290. The predicted molar refractivity (Wildman–Crippen MR) is 130 cm³/mol. The molecule has 172 valence electrons. The van der Waals surface area contributed by atoms with Gasteiger partial charge in [-0.05, 0) is 54.8 Å². The Morgan fingerprint density at radius 3 is 2.59 bits per heavy atom. The second-order valence-corrected chi connectivity index (χ2v) is 8.12. The van der Waals surface area contributed by atoms with E-state index in [1.165, 1.54) is 6.08 Å². The maximum atomic E-state index is 11.8. The smallest absolute Gasteiger partial charge is 0.245 e. The van der Waals surface area contributed by atoms with Crippen LogP contribution in [-0.4, -0.2) is 45.6 Å². The maximum Gasteiger partial charge on any atom is 0.245 e. The number of para-hydroxylation sites is 1. The molecule has 0 saturated carbocycles. The lowest BCUT2D eigenvalue weighted by molar-refractivity contribution is -0.125. The van der Waals surface area contributed by atoms with Gasteiger partial charge in [0.15, 0.2) is 11.5 Å². The minimum Gasteiger partial charge on any atom is -0.457 e. The molecule has 1 saturated heterocycles. The van der Waals surface area contributed by atoms with Gasteiger partial charge in [0, 0.05) is 31.9 Å². The molecule has 0 radical (unpaired) electrons. The second kappa shape index (κ2) is 9.66. The van der Waals surface area contributed by atoms with E-state index in [-0.39, 0.29) is 5.91 Å². The predicted octanol–water partition coefficient (Wildman–Crippen LogP) is 4.99. The van der Waals surface area contributed by atoms with Crippen molar-refractivity contribution in [3.05, 3.63) is 79.5 Å². The third-order valence-corrected chi connectivity index (χ3v) is 5.78. The highest BCUT2D eigenvalue weighted by Crippen LogP contribution is 2.34. The number of pyridine rings is 1. The Morgan fingerprint density at radius 2 is 1.82 bits per heavy atom. The highest BCUT2D eigenvalue weighted by molar-refractivity contribution is 5.93. The van der Waals surface area contributed by atoms with Crippen molar-refractivity contribution in [1.29, 1.82) is 0 Å². The van der Waals surface area contributed by atoms with Crippen LogP contribution in [0.5, 0.6) is 23.0 Å². The minimum atomic E-state index is -0.0206. The minimum absolute atomic E-state index is 0.0206. The number of nitrogens with zero attached hydrogens (tertiary/aromatic N) is 3. The van der Waals surface area contributed by atoms with Gasteiger partial charge in [-0.3, -0.25) is 9.89 Å². The number of amides is 1. The summed E-state index contributed by atoms with van der Waals surface area (Å²) in [6.07, 6.45) is 3.99. The summed E-state index contributed by atoms with van der Waals surface area (Å²) in [6.45, 7) is 5.72. The lowest BCUT2D eigenvalue weighted by Crippen LogP contribution is -2.27. The van der Waals surface area contributed by atoms with E-state index in [1.807, 2.05) is 65.6 Å². The normalized spacial score (nSPS) is 15.3. The molecule has 2 aromatic heterocycles. The number of carbonyl (C=O) groups is 1. The molecule has 0 spiro atoms. The van der Waals surface area contributed by atoms with Gasteiger partial charge in [-0.1, -0.05) is 24.8 Å². The van der Waals surface area contributed by atoms with Crippen molar-refractivity contribution in [3.63, 3.8) is 0 Å². The average molecular weight is 456 g/mol. The van der Waals surface area contributed by atoms with Crippen LogP contribution in [0.4, 0.5) is 5.82 Å². The van der Waals surface area contributed by atoms with Gasteiger partial charge in [0.1, 0.15) is 28.4 Å². The number of rotatable bonds is 8. The molecule has 5 rings (SSSR count). The highest BCUT2D eigenvalue weighted by Gasteiger charge is 2.25. The molecule has 1 fully saturated rings. The number of H-pyrrole nitrogens is 1. The van der Waals surface area contributed by atoms with Crippen LogP contribution in [0.15, 0.2) is 79.5 Å². The number of hydrogen-bond donors (Lipinski definition) is 2. The second-order valence-electron chi connectivity index (χ2n) is 8.12. The van der Waals surface area contributed by atoms with Gasteiger partial charge < -0.3 is 19.7 Å². The Morgan fingerprint density at radius 1 is 1.09 bits per heavy atom. The number of anilines is 1. The molecule has 2 aromatic carbocycles. The quantitative estimate of drug-likeness (QED) is 0.364. The molecule has 0 bridgehead atoms. The molecule has 1 amide bonds. The summed E-state index contributed by atoms with van der Waals surface area (Å²) in [5, 5.41) is 11.5. The zero-order chi connectivity index (χ0) is 23.3. The third-order valence-electron chi connectivity index (χ3n) is 5.78. The molecule has 2 N–H and O–H groups in total. The molecule has 0 aliphatic carbocycles. The van der Waals surface area contributed by atoms with Gasteiger partial charge in [0.05, 0.1) is 0 Å². The monoisotopic (exact) mass is 455 g/mol. The fourth-order valence-electron chi connectivity index (χ4n) is 4.03. The van der Waals surface area contributed by atoms with Crippen molar-refractivity contribution < 1.29 is 14.3 Å². The van der Waals surface area contributed by atoms with E-state index in [0.717, 1.165) is 29.9 Å². The summed E-state index contributed by atoms with van der Waals surface area (Å²) in [4.78, 5) is 18.0. The molecular formula is C26H25N5O3. The molecule has 3 heterocycles. The summed E-state index contributed by atoms with van der Waals surface area (Å²) in [5.74, 6) is 3.82. The first-order valence-corrected chi connectivity index (χ1v) is 11.2. The Balaban J connectivity index is 1.27. The number of nitrogens with one attached hydrogen (secondary N) is 2. The summed E-state index contributed by atoms with van der Waals surface area (Å²) < 4.78 is 12.0. The van der Waals surface area contributed by atoms with Gasteiger partial charge in [-0.15, -0.1) is 0 Å². The van der Waals surface area contributed by atoms with Crippen LogP contribution >= 0.6 is 0 Å². The zero-order valence-electron chi connectivity index (χ0n) is 18.6. The first kappa shape index (κ1) is 21.5. The molecule has 34 heavy (non-hydrogen) atoms. The third kappa shape index (κ3) is 4.71. The first-order valence-electron chi connectivity index (χ1n) is 11.2. The molecule has 8 nitrogen and oxygen atoms in total. The topological polar surface area (TPSA) is 92.4 Å². The summed E-state index contributed by atoms with van der Waals surface area (Å²) in [6, 6.07) is 18.9. The van der Waals surface area contributed by atoms with Crippen molar-refractivity contribution in [2.45, 2.75) is 6.42 Å². The summed E-state index contributed by atoms with van der Waals surface area (Å²) in [5.41, 5.74) is 0.638. The number of aromatic amines is 1. The summed E-state index contributed by atoms with van der Waals surface area (Å²) >= 11 is 0. The van der Waals surface area contributed by atoms with Crippen molar-refractivity contribution in [2.75, 3.05) is 25.0 Å². The van der Waals surface area contributed by atoms with E-state index in [2.05, 4.69) is 27.1 Å². The molecule has 1 aliphatic rings. The Hall–Kier alpha value is -4.33. The molecule has 1 atom stereocenters. The van der Waals surface area contributed by atoms with Gasteiger partial charge in [0.25, 0.3) is 0 Å². The van der Waals surface area contributed by atoms with E-state index in [0.29, 0.717) is 42.0 Å². The fourth-order valence-corrected chi connectivity index (χ4v) is 4.03. The van der Waals surface area contributed by atoms with Gasteiger partial charge >= 0.3 is 0 Å². The number of ether oxygens (including phenoxy) is 2. The van der Waals surface area contributed by atoms with E-state index in [4.69, 9.17) is 9.47 Å². The zero-order valence-corrected chi connectivity index (χ0v) is 18.6. The molecule has 1 unspecified atom stereocenters. The average Bonchev–Trinajstić information content (AvgIpc) is 3.52. The van der Waals surface area contributed by atoms with Crippen molar-refractivity contribution >= 4 is 22.8 Å². The van der Waals surface area contributed by atoms with E-state index in [9.17, 15) is 4.79 Å². The van der Waals surface area contributed by atoms with Crippen molar-refractivity contribution in [2.24, 2.45) is 5.92 Å². The lowest BCUT2D eigenvalue weighted by Gasteiger charge is -2.15. The largest absolute Gasteiger partial charge is 0.457 e. The molecule has 4 aromatic rings. The van der Waals surface area contributed by atoms with Crippen LogP contribution in [0.1, 0.15) is 6.42 Å². The number of fused-ring (bicyclic) bond motifs is 1. The van der Waals surface area contributed by atoms with Crippen LogP contribution < -0.4 is 14.8 Å². The van der Waals surface area contributed by atoms with Gasteiger partial charge in [-0.25, -0.2) is 4.98 Å². The van der Waals surface area contributed by atoms with Crippen LogP contribution in [0.2, 0.25) is 0 Å². The first-order chi connectivity index (χ1) is 16.7. The fraction of sp³-hybridized carbons (Fsp3) is 0.192. The van der Waals surface area contributed by atoms with Crippen LogP contribution in [-0.2, 0) is 4.79 Å². The van der Waals surface area contributed by atoms with Crippen LogP contribution in [0, 0.1) is 5.92 Å². The van der Waals surface area contributed by atoms with Gasteiger partial charge in [0.2, 0.25) is 5.91 Å². The van der Waals surface area contributed by atoms with Crippen molar-refractivity contribution in [3.8, 4) is 23.0 Å². The Kier molecular flexibility index (Phi) is 6.11. The highest BCUT2D eigenvalue weighted by atomic mass is 16.5. The van der Waals surface area contributed by atoms with E-state index < -0.39 is 0 Å². The standard InChI is InChI=1S/C26H25N5O3/c1-2-23(32)31-15-13-18(17-31)16-28-26-24-22(12-14-27-25(24)29-30-26)34-21-10-8-20(9-11-21)33-19-6-4-3-5-7-19/h2-12,14,18H,1,13,15-17H2,(H2,27,28,29,30). The van der Waals surface area contributed by atoms with Crippen LogP contribution in [0.3, 0.4) is 0 Å². The van der Waals surface area contributed by atoms with E-state index >= 15 is 0 Å². The van der Waals surface area contributed by atoms with Gasteiger partial charge in [-0.2, -0.15) is 5.10 Å². The summed E-state index contributed by atoms with van der Waals surface area (Å²) in [7, 11) is 0. The lowest BCUT2D eigenvalue weighted by atomic mass is 10.1. The maximum absolute atomic E-state index is 11.8. The molecular weight excluding hydrogens is 430 g/mol. The Labute approximate surface area is 197 Å². The van der Waals surface area contributed by atoms with Crippen molar-refractivity contribution in [1.82, 2.24) is 20.1 Å². The number of benzene rings is 2. The number of carbonyl (C=O) groups excluding carboxylic acids is 1. The van der Waals surface area contributed by atoms with Crippen LogP contribution in [0.25, 0.3) is 11.0 Å². The number of aromatic nitrogens is 3. The number of likely N-dealkylation sites (tertiary alicyclic amines) is 1. The molecule has 8 heteroatoms. The van der Waals surface area contributed by atoms with E-state index in [1.54, 1.807) is 6.20 Å². The number of hydrogen-bond acceptors (Lipinski definition) is 6. The SMILES string of the molecule is C=CC(=O)N1CCC(CNc2n[nH]c3nccc(Oc4ccc(Oc5ccccc5)cc4)c23)C1. The molecule has 1 aliphatic heterocycles.